The molecule has 31 heavy (non-hydrogen) atoms. The molecule has 1 unspecified atom stereocenters. The highest BCUT2D eigenvalue weighted by Gasteiger charge is 2.38. The number of H-pyrrole nitrogens is 1. The zero-order valence-corrected chi connectivity index (χ0v) is 16.8. The molecule has 6 nitrogen and oxygen atoms in total. The van der Waals surface area contributed by atoms with Gasteiger partial charge in [-0.1, -0.05) is 31.2 Å². The maximum atomic E-state index is 12.4. The van der Waals surface area contributed by atoms with Gasteiger partial charge in [0.2, 0.25) is 0 Å². The second-order valence-electron chi connectivity index (χ2n) is 7.29. The minimum Gasteiger partial charge on any atom is -0.489 e. The number of alkyl halides is 3. The number of nitrogens with zero attached hydrogens (tertiary/aromatic N) is 2. The Kier molecular flexibility index (Phi) is 7.06. The van der Waals surface area contributed by atoms with Gasteiger partial charge in [0.1, 0.15) is 18.1 Å². The van der Waals surface area contributed by atoms with Gasteiger partial charge in [-0.2, -0.15) is 18.3 Å². The Morgan fingerprint density at radius 2 is 1.87 bits per heavy atom. The van der Waals surface area contributed by atoms with Gasteiger partial charge < -0.3 is 9.84 Å². The van der Waals surface area contributed by atoms with Crippen LogP contribution in [0.15, 0.2) is 55.0 Å². The number of aromatic nitrogens is 3. The number of aliphatic hydroxyl groups is 1. The number of carbonyl (C=O) groups excluding carboxylic acids is 1. The molecule has 1 aromatic carbocycles. The van der Waals surface area contributed by atoms with Gasteiger partial charge in [0.25, 0.3) is 0 Å². The first-order valence-electron chi connectivity index (χ1n) is 9.65. The van der Waals surface area contributed by atoms with Crippen molar-refractivity contribution in [3.63, 3.8) is 0 Å². The summed E-state index contributed by atoms with van der Waals surface area (Å²) in [7, 11) is 0. The van der Waals surface area contributed by atoms with Crippen LogP contribution in [0.3, 0.4) is 0 Å². The molecule has 0 aliphatic rings. The summed E-state index contributed by atoms with van der Waals surface area (Å²) in [5.74, 6) is 0.00907. The number of hydrogen-bond donors (Lipinski definition) is 2. The first kappa shape index (κ1) is 22.5. The SMILES string of the molecule is C[C@@H](CC(=O)Cc1ccc(-c2cn[nH]c2)cc1)c1ccc(OCC(O)C(F)(F)F)cn1. The minimum atomic E-state index is -4.73. The van der Waals surface area contributed by atoms with Gasteiger partial charge in [-0.25, -0.2) is 0 Å². The Balaban J connectivity index is 1.50. The van der Waals surface area contributed by atoms with E-state index < -0.39 is 18.9 Å². The fraction of sp³-hybridized carbons (Fsp3) is 0.318. The van der Waals surface area contributed by atoms with Crippen LogP contribution in [0, 0.1) is 0 Å². The molecule has 3 rings (SSSR count). The number of Topliss-reactive ketones (excluding diaryl/α,β-unsaturated/α-hetero) is 1. The number of rotatable bonds is 9. The van der Waals surface area contributed by atoms with Crippen LogP contribution in [0.2, 0.25) is 0 Å². The lowest BCUT2D eigenvalue weighted by atomic mass is 9.96. The number of carbonyl (C=O) groups is 1. The van der Waals surface area contributed by atoms with Crippen LogP contribution >= 0.6 is 0 Å². The highest BCUT2D eigenvalue weighted by Crippen LogP contribution is 2.24. The van der Waals surface area contributed by atoms with Crippen LogP contribution < -0.4 is 4.74 Å². The smallest absolute Gasteiger partial charge is 0.417 e. The number of ether oxygens (including phenoxy) is 1. The van der Waals surface area contributed by atoms with Crippen molar-refractivity contribution in [1.29, 1.82) is 0 Å². The Morgan fingerprint density at radius 3 is 2.45 bits per heavy atom. The number of nitrogens with one attached hydrogen (secondary N) is 1. The highest BCUT2D eigenvalue weighted by molar-refractivity contribution is 5.81. The van der Waals surface area contributed by atoms with E-state index in [1.807, 2.05) is 31.2 Å². The van der Waals surface area contributed by atoms with Gasteiger partial charge in [0, 0.05) is 36.2 Å². The van der Waals surface area contributed by atoms with Crippen molar-refractivity contribution < 1.29 is 27.8 Å². The van der Waals surface area contributed by atoms with Gasteiger partial charge in [-0.15, -0.1) is 0 Å². The molecular formula is C22H22F3N3O3. The van der Waals surface area contributed by atoms with Crippen LogP contribution in [-0.4, -0.2) is 45.0 Å². The first-order valence-corrected chi connectivity index (χ1v) is 9.65. The third-order valence-electron chi connectivity index (χ3n) is 4.77. The summed E-state index contributed by atoms with van der Waals surface area (Å²) in [6.45, 7) is 0.953. The van der Waals surface area contributed by atoms with Crippen molar-refractivity contribution in [2.24, 2.45) is 0 Å². The maximum Gasteiger partial charge on any atom is 0.417 e. The first-order chi connectivity index (χ1) is 14.7. The van der Waals surface area contributed by atoms with Crippen molar-refractivity contribution in [2.75, 3.05) is 6.61 Å². The predicted octanol–water partition coefficient (Wildman–Crippen LogP) is 4.08. The van der Waals surface area contributed by atoms with E-state index in [9.17, 15) is 18.0 Å². The molecule has 0 fully saturated rings. The summed E-state index contributed by atoms with van der Waals surface area (Å²) in [5, 5.41) is 15.6. The molecule has 9 heteroatoms. The Morgan fingerprint density at radius 1 is 1.13 bits per heavy atom. The number of halogens is 3. The fourth-order valence-electron chi connectivity index (χ4n) is 3.01. The molecule has 2 atom stereocenters. The molecule has 2 heterocycles. The number of benzene rings is 1. The average molecular weight is 433 g/mol. The van der Waals surface area contributed by atoms with Crippen LogP contribution in [0.1, 0.15) is 30.5 Å². The summed E-state index contributed by atoms with van der Waals surface area (Å²) in [6.07, 6.45) is -1.91. The van der Waals surface area contributed by atoms with Gasteiger partial charge in [0.15, 0.2) is 6.10 Å². The summed E-state index contributed by atoms with van der Waals surface area (Å²) < 4.78 is 41.8. The largest absolute Gasteiger partial charge is 0.489 e. The van der Waals surface area contributed by atoms with Crippen molar-refractivity contribution in [3.8, 4) is 16.9 Å². The standard InChI is InChI=1S/C22H22F3N3O3/c1-14(20-7-6-19(12-26-20)31-13-21(30)22(23,24)25)8-18(29)9-15-2-4-16(5-3-15)17-10-27-28-11-17/h2-7,10-12,14,21,30H,8-9,13H2,1H3,(H,27,28)/t14-,21?/m0/s1. The molecular weight excluding hydrogens is 411 g/mol. The molecule has 2 N–H and O–H groups in total. The Hall–Kier alpha value is -3.20. The molecule has 164 valence electrons. The second-order valence-corrected chi connectivity index (χ2v) is 7.29. The summed E-state index contributed by atoms with van der Waals surface area (Å²) in [4.78, 5) is 16.6. The van der Waals surface area contributed by atoms with Crippen LogP contribution in [0.25, 0.3) is 11.1 Å². The van der Waals surface area contributed by atoms with Crippen LogP contribution in [0.4, 0.5) is 13.2 Å². The van der Waals surface area contributed by atoms with Gasteiger partial charge in [0.05, 0.1) is 12.4 Å². The molecule has 0 aliphatic heterocycles. The number of aromatic amines is 1. The summed E-state index contributed by atoms with van der Waals surface area (Å²) in [5.41, 5.74) is 3.52. The van der Waals surface area contributed by atoms with Crippen molar-refractivity contribution >= 4 is 5.78 Å². The predicted molar refractivity (Wildman–Crippen MR) is 108 cm³/mol. The molecule has 0 bridgehead atoms. The molecule has 0 amide bonds. The van der Waals surface area contributed by atoms with E-state index in [-0.39, 0.29) is 23.9 Å². The maximum absolute atomic E-state index is 12.4. The molecule has 3 aromatic rings. The lowest BCUT2D eigenvalue weighted by Crippen LogP contribution is -2.34. The number of hydrogen-bond acceptors (Lipinski definition) is 5. The topological polar surface area (TPSA) is 88.1 Å². The second kappa shape index (κ2) is 9.74. The third-order valence-corrected chi connectivity index (χ3v) is 4.77. The highest BCUT2D eigenvalue weighted by atomic mass is 19.4. The molecule has 0 saturated heterocycles. The lowest BCUT2D eigenvalue weighted by molar-refractivity contribution is -0.210. The van der Waals surface area contributed by atoms with Crippen molar-refractivity contribution in [3.05, 3.63) is 66.2 Å². The number of pyridine rings is 1. The normalized spacial score (nSPS) is 13.6. The lowest BCUT2D eigenvalue weighted by Gasteiger charge is -2.15. The monoisotopic (exact) mass is 433 g/mol. The van der Waals surface area contributed by atoms with Crippen LogP contribution in [-0.2, 0) is 11.2 Å². The van der Waals surface area contributed by atoms with Crippen LogP contribution in [0.5, 0.6) is 5.75 Å². The Labute approximate surface area is 177 Å². The van der Waals surface area contributed by atoms with E-state index in [4.69, 9.17) is 9.84 Å². The summed E-state index contributed by atoms with van der Waals surface area (Å²) >= 11 is 0. The number of aliphatic hydroxyl groups excluding tert-OH is 1. The molecule has 0 aliphatic carbocycles. The molecule has 0 spiro atoms. The van der Waals surface area contributed by atoms with E-state index in [0.717, 1.165) is 16.7 Å². The van der Waals surface area contributed by atoms with Crippen molar-refractivity contribution in [2.45, 2.75) is 38.0 Å². The van der Waals surface area contributed by atoms with E-state index >= 15 is 0 Å². The Bertz CT molecular complexity index is 972. The molecule has 0 saturated carbocycles. The molecule has 2 aromatic heterocycles. The summed E-state index contributed by atoms with van der Waals surface area (Å²) in [6, 6.07) is 10.8. The van der Waals surface area contributed by atoms with E-state index in [1.165, 1.54) is 12.3 Å². The van der Waals surface area contributed by atoms with Gasteiger partial charge in [-0.05, 0) is 23.3 Å². The van der Waals surface area contributed by atoms with Crippen molar-refractivity contribution in [1.82, 2.24) is 15.2 Å². The van der Waals surface area contributed by atoms with E-state index in [0.29, 0.717) is 12.1 Å². The zero-order chi connectivity index (χ0) is 22.4. The molecule has 0 radical (unpaired) electrons. The quantitative estimate of drug-likeness (QED) is 0.531. The third kappa shape index (κ3) is 6.39. The van der Waals surface area contributed by atoms with E-state index in [1.54, 1.807) is 18.5 Å². The average Bonchev–Trinajstić information content (AvgIpc) is 3.27. The van der Waals surface area contributed by atoms with Gasteiger partial charge in [-0.3, -0.25) is 14.9 Å². The van der Waals surface area contributed by atoms with E-state index in [2.05, 4.69) is 15.2 Å². The number of ketones is 1. The fourth-order valence-corrected chi connectivity index (χ4v) is 3.01. The minimum absolute atomic E-state index is 0.0546. The van der Waals surface area contributed by atoms with Gasteiger partial charge >= 0.3 is 6.18 Å². The zero-order valence-electron chi connectivity index (χ0n) is 16.8.